The van der Waals surface area contributed by atoms with Gasteiger partial charge in [-0.2, -0.15) is 0 Å². The van der Waals surface area contributed by atoms with Crippen LogP contribution in [0, 0.1) is 0 Å². The maximum atomic E-state index is 12.5. The molecule has 0 saturated heterocycles. The van der Waals surface area contributed by atoms with Crippen LogP contribution in [0.3, 0.4) is 0 Å². The van der Waals surface area contributed by atoms with E-state index in [9.17, 15) is 4.79 Å². The average Bonchev–Trinajstić information content (AvgIpc) is 2.61. The minimum absolute atomic E-state index is 0.0241. The molecule has 0 unspecified atom stereocenters. The van der Waals surface area contributed by atoms with Gasteiger partial charge in [0.1, 0.15) is 0 Å². The molecular formula is C21H21ClN2O. The van der Waals surface area contributed by atoms with Crippen molar-refractivity contribution in [3.8, 4) is 0 Å². The van der Waals surface area contributed by atoms with Gasteiger partial charge in [-0.05, 0) is 54.4 Å². The molecule has 4 heteroatoms. The van der Waals surface area contributed by atoms with Crippen molar-refractivity contribution < 1.29 is 4.79 Å². The number of anilines is 1. The lowest BCUT2D eigenvalue weighted by molar-refractivity contribution is -0.117. The molecule has 0 heterocycles. The Balaban J connectivity index is 1.65. The Morgan fingerprint density at radius 3 is 2.44 bits per heavy atom. The van der Waals surface area contributed by atoms with Crippen LogP contribution < -0.4 is 10.6 Å². The van der Waals surface area contributed by atoms with Crippen LogP contribution in [0.15, 0.2) is 66.7 Å². The lowest BCUT2D eigenvalue weighted by Crippen LogP contribution is -2.39. The highest BCUT2D eigenvalue weighted by Crippen LogP contribution is 2.20. The van der Waals surface area contributed by atoms with Crippen molar-refractivity contribution >= 4 is 34.0 Å². The fraction of sp³-hybridized carbons (Fsp3) is 0.190. The molecule has 0 aliphatic carbocycles. The number of hydrogen-bond acceptors (Lipinski definition) is 2. The zero-order valence-electron chi connectivity index (χ0n) is 14.3. The van der Waals surface area contributed by atoms with Crippen LogP contribution in [-0.2, 0) is 4.79 Å². The summed E-state index contributed by atoms with van der Waals surface area (Å²) in [6, 6.07) is 21.4. The number of rotatable bonds is 5. The Morgan fingerprint density at radius 2 is 1.68 bits per heavy atom. The molecule has 0 spiro atoms. The van der Waals surface area contributed by atoms with Crippen LogP contribution in [0.25, 0.3) is 10.8 Å². The minimum Gasteiger partial charge on any atom is -0.325 e. The largest absolute Gasteiger partial charge is 0.325 e. The number of hydrogen-bond donors (Lipinski definition) is 2. The number of halogens is 1. The van der Waals surface area contributed by atoms with E-state index in [-0.39, 0.29) is 18.0 Å². The maximum Gasteiger partial charge on any atom is 0.241 e. The van der Waals surface area contributed by atoms with Gasteiger partial charge >= 0.3 is 0 Å². The van der Waals surface area contributed by atoms with Crippen molar-refractivity contribution in [3.05, 3.63) is 77.3 Å². The lowest BCUT2D eigenvalue weighted by atomic mass is 10.1. The van der Waals surface area contributed by atoms with Gasteiger partial charge < -0.3 is 5.32 Å². The summed E-state index contributed by atoms with van der Waals surface area (Å²) in [4.78, 5) is 12.5. The van der Waals surface area contributed by atoms with Gasteiger partial charge in [-0.1, -0.05) is 54.1 Å². The molecule has 1 amide bonds. The Hall–Kier alpha value is -2.36. The summed E-state index contributed by atoms with van der Waals surface area (Å²) >= 11 is 6.04. The van der Waals surface area contributed by atoms with Crippen molar-refractivity contribution in [1.82, 2.24) is 5.32 Å². The molecule has 25 heavy (non-hydrogen) atoms. The number of fused-ring (bicyclic) bond motifs is 1. The first kappa shape index (κ1) is 17.5. The van der Waals surface area contributed by atoms with E-state index in [1.807, 2.05) is 74.5 Å². The van der Waals surface area contributed by atoms with E-state index in [1.54, 1.807) is 0 Å². The van der Waals surface area contributed by atoms with Gasteiger partial charge in [-0.25, -0.2) is 0 Å². The van der Waals surface area contributed by atoms with Gasteiger partial charge in [0.25, 0.3) is 0 Å². The van der Waals surface area contributed by atoms with E-state index in [2.05, 4.69) is 16.7 Å². The minimum atomic E-state index is -0.333. The number of carbonyl (C=O) groups is 1. The molecule has 0 radical (unpaired) electrons. The highest BCUT2D eigenvalue weighted by molar-refractivity contribution is 6.30. The van der Waals surface area contributed by atoms with Crippen molar-refractivity contribution in [2.75, 3.05) is 5.32 Å². The van der Waals surface area contributed by atoms with Crippen LogP contribution in [0.1, 0.15) is 25.5 Å². The van der Waals surface area contributed by atoms with Gasteiger partial charge in [0.2, 0.25) is 5.91 Å². The lowest BCUT2D eigenvalue weighted by Gasteiger charge is -2.20. The third-order valence-electron chi connectivity index (χ3n) is 4.26. The first-order chi connectivity index (χ1) is 12.0. The van der Waals surface area contributed by atoms with Crippen molar-refractivity contribution in [1.29, 1.82) is 0 Å². The van der Waals surface area contributed by atoms with Crippen molar-refractivity contribution in [2.45, 2.75) is 25.9 Å². The summed E-state index contributed by atoms with van der Waals surface area (Å²) < 4.78 is 0. The monoisotopic (exact) mass is 352 g/mol. The number of carbonyl (C=O) groups excluding carboxylic acids is 1. The molecule has 3 aromatic rings. The molecule has 3 aromatic carbocycles. The number of amides is 1. The first-order valence-electron chi connectivity index (χ1n) is 8.34. The normalized spacial score (nSPS) is 13.4. The first-order valence-corrected chi connectivity index (χ1v) is 8.72. The van der Waals surface area contributed by atoms with E-state index in [1.165, 1.54) is 0 Å². The van der Waals surface area contributed by atoms with E-state index < -0.39 is 0 Å². The molecule has 2 N–H and O–H groups in total. The van der Waals surface area contributed by atoms with E-state index in [0.29, 0.717) is 5.02 Å². The van der Waals surface area contributed by atoms with E-state index >= 15 is 0 Å². The van der Waals surface area contributed by atoms with Gasteiger partial charge in [0, 0.05) is 16.8 Å². The predicted octanol–water partition coefficient (Wildman–Crippen LogP) is 5.17. The molecule has 0 saturated carbocycles. The standard InChI is InChI=1S/C21H21ClN2O/c1-14(17-8-5-9-19(22)12-17)23-15(2)21(25)24-20-11-10-16-6-3-4-7-18(16)13-20/h3-15,23H,1-2H3,(H,24,25)/t14-,15+/m1/s1. The zero-order chi connectivity index (χ0) is 17.8. The quantitative estimate of drug-likeness (QED) is 0.665. The topological polar surface area (TPSA) is 41.1 Å². The molecule has 3 nitrogen and oxygen atoms in total. The summed E-state index contributed by atoms with van der Waals surface area (Å²) in [5, 5.41) is 9.24. The molecule has 0 aromatic heterocycles. The van der Waals surface area contributed by atoms with Crippen LogP contribution in [0.4, 0.5) is 5.69 Å². The van der Waals surface area contributed by atoms with Gasteiger partial charge in [-0.3, -0.25) is 10.1 Å². The second kappa shape index (κ2) is 7.68. The second-order valence-corrected chi connectivity index (χ2v) is 6.65. The molecule has 0 fully saturated rings. The number of nitrogens with one attached hydrogen (secondary N) is 2. The van der Waals surface area contributed by atoms with Gasteiger partial charge in [0.15, 0.2) is 0 Å². The Morgan fingerprint density at radius 1 is 0.920 bits per heavy atom. The SMILES string of the molecule is C[C@H](N[C@H](C)c1cccc(Cl)c1)C(=O)Nc1ccc2ccccc2c1. The Bertz CT molecular complexity index is 894. The summed E-state index contributed by atoms with van der Waals surface area (Å²) in [5.74, 6) is -0.0656. The van der Waals surface area contributed by atoms with E-state index in [4.69, 9.17) is 11.6 Å². The van der Waals surface area contributed by atoms with Crippen LogP contribution in [0.5, 0.6) is 0 Å². The van der Waals surface area contributed by atoms with Crippen LogP contribution in [0.2, 0.25) is 5.02 Å². The Kier molecular flexibility index (Phi) is 5.37. The zero-order valence-corrected chi connectivity index (χ0v) is 15.0. The summed E-state index contributed by atoms with van der Waals surface area (Å²) in [6.07, 6.45) is 0. The molecule has 3 rings (SSSR count). The highest BCUT2D eigenvalue weighted by Gasteiger charge is 2.16. The summed E-state index contributed by atoms with van der Waals surface area (Å²) in [5.41, 5.74) is 1.85. The van der Waals surface area contributed by atoms with Gasteiger partial charge in [0.05, 0.1) is 6.04 Å². The average molecular weight is 353 g/mol. The van der Waals surface area contributed by atoms with E-state index in [0.717, 1.165) is 22.0 Å². The van der Waals surface area contributed by atoms with Crippen LogP contribution >= 0.6 is 11.6 Å². The molecule has 2 atom stereocenters. The fourth-order valence-corrected chi connectivity index (χ4v) is 3.04. The third-order valence-corrected chi connectivity index (χ3v) is 4.49. The smallest absolute Gasteiger partial charge is 0.241 e. The fourth-order valence-electron chi connectivity index (χ4n) is 2.84. The highest BCUT2D eigenvalue weighted by atomic mass is 35.5. The summed E-state index contributed by atoms with van der Waals surface area (Å²) in [7, 11) is 0. The molecule has 0 aliphatic heterocycles. The number of benzene rings is 3. The predicted molar refractivity (Wildman–Crippen MR) is 105 cm³/mol. The maximum absolute atomic E-state index is 12.5. The van der Waals surface area contributed by atoms with Crippen molar-refractivity contribution in [3.63, 3.8) is 0 Å². The third kappa shape index (κ3) is 4.38. The second-order valence-electron chi connectivity index (χ2n) is 6.22. The molecule has 128 valence electrons. The molecular weight excluding hydrogens is 332 g/mol. The molecule has 0 aliphatic rings. The molecule has 0 bridgehead atoms. The summed E-state index contributed by atoms with van der Waals surface area (Å²) in [6.45, 7) is 3.88. The Labute approximate surface area is 153 Å². The van der Waals surface area contributed by atoms with Gasteiger partial charge in [-0.15, -0.1) is 0 Å². The van der Waals surface area contributed by atoms with Crippen LogP contribution in [-0.4, -0.2) is 11.9 Å². The van der Waals surface area contributed by atoms with Crippen molar-refractivity contribution in [2.24, 2.45) is 0 Å².